The highest BCUT2D eigenvalue weighted by atomic mass is 127. The van der Waals surface area contributed by atoms with E-state index >= 15 is 0 Å². The number of hydrogen-bond acceptors (Lipinski definition) is 2. The van der Waals surface area contributed by atoms with E-state index in [9.17, 15) is 0 Å². The van der Waals surface area contributed by atoms with Crippen LogP contribution in [0.15, 0.2) is 12.3 Å². The number of halogens is 1. The Morgan fingerprint density at radius 1 is 1.70 bits per heavy atom. The predicted octanol–water partition coefficient (Wildman–Crippen LogP) is 1.06. The van der Waals surface area contributed by atoms with Crippen LogP contribution in [-0.2, 0) is 4.74 Å². The summed E-state index contributed by atoms with van der Waals surface area (Å²) in [6.45, 7) is 1.63. The lowest BCUT2D eigenvalue weighted by Gasteiger charge is -2.25. The molecule has 0 spiro atoms. The van der Waals surface area contributed by atoms with Gasteiger partial charge in [0.15, 0.2) is 0 Å². The first-order valence-corrected chi connectivity index (χ1v) is 4.22. The molecule has 1 aromatic heterocycles. The van der Waals surface area contributed by atoms with Crippen LogP contribution in [0.1, 0.15) is 6.04 Å². The van der Waals surface area contributed by atoms with Gasteiger partial charge < -0.3 is 4.74 Å². The maximum Gasteiger partial charge on any atom is 0.123 e. The minimum atomic E-state index is 0.489. The van der Waals surface area contributed by atoms with Gasteiger partial charge >= 0.3 is 0 Å². The molecule has 1 aliphatic rings. The highest BCUT2D eigenvalue weighted by Crippen LogP contribution is 2.16. The van der Waals surface area contributed by atoms with Crippen molar-refractivity contribution in [1.82, 2.24) is 9.78 Å². The SMILES string of the molecule is Ic1ccn(C2COC2)n1. The van der Waals surface area contributed by atoms with Crippen molar-refractivity contribution in [2.75, 3.05) is 13.2 Å². The van der Waals surface area contributed by atoms with E-state index in [1.807, 2.05) is 16.9 Å². The Labute approximate surface area is 72.5 Å². The minimum Gasteiger partial charge on any atom is -0.377 e. The Morgan fingerprint density at radius 3 is 2.90 bits per heavy atom. The summed E-state index contributed by atoms with van der Waals surface area (Å²) in [5.41, 5.74) is 0. The molecule has 2 heterocycles. The summed E-state index contributed by atoms with van der Waals surface area (Å²) < 4.78 is 8.04. The maximum atomic E-state index is 5.04. The second-order valence-corrected chi connectivity index (χ2v) is 3.42. The zero-order valence-electron chi connectivity index (χ0n) is 5.33. The summed E-state index contributed by atoms with van der Waals surface area (Å²) in [6.07, 6.45) is 2.00. The number of nitrogens with zero attached hydrogens (tertiary/aromatic N) is 2. The first-order chi connectivity index (χ1) is 4.86. The summed E-state index contributed by atoms with van der Waals surface area (Å²) >= 11 is 2.20. The Hall–Kier alpha value is -0.100. The molecule has 1 fully saturated rings. The average Bonchev–Trinajstić information content (AvgIpc) is 2.10. The van der Waals surface area contributed by atoms with Gasteiger partial charge in [0.25, 0.3) is 0 Å². The molecule has 10 heavy (non-hydrogen) atoms. The molecule has 1 saturated heterocycles. The zero-order chi connectivity index (χ0) is 6.97. The van der Waals surface area contributed by atoms with Crippen LogP contribution >= 0.6 is 22.6 Å². The maximum absolute atomic E-state index is 5.04. The molecule has 0 saturated carbocycles. The molecule has 4 heteroatoms. The Bertz CT molecular complexity index is 231. The number of aromatic nitrogens is 2. The van der Waals surface area contributed by atoms with Crippen LogP contribution in [0.3, 0.4) is 0 Å². The first-order valence-electron chi connectivity index (χ1n) is 3.14. The highest BCUT2D eigenvalue weighted by molar-refractivity contribution is 14.1. The third-order valence-corrected chi connectivity index (χ3v) is 2.15. The molecule has 0 N–H and O–H groups in total. The largest absolute Gasteiger partial charge is 0.377 e. The van der Waals surface area contributed by atoms with Gasteiger partial charge in [-0.25, -0.2) is 0 Å². The molecule has 2 rings (SSSR count). The minimum absolute atomic E-state index is 0.489. The highest BCUT2D eigenvalue weighted by Gasteiger charge is 2.20. The van der Waals surface area contributed by atoms with E-state index in [1.54, 1.807) is 0 Å². The normalized spacial score (nSPS) is 18.9. The van der Waals surface area contributed by atoms with E-state index < -0.39 is 0 Å². The van der Waals surface area contributed by atoms with Gasteiger partial charge in [0.05, 0.1) is 19.3 Å². The number of rotatable bonds is 1. The number of ether oxygens (including phenoxy) is 1. The van der Waals surface area contributed by atoms with Gasteiger partial charge in [-0.3, -0.25) is 4.68 Å². The second kappa shape index (κ2) is 2.50. The molecule has 0 aromatic carbocycles. The van der Waals surface area contributed by atoms with Gasteiger partial charge in [-0.15, -0.1) is 0 Å². The lowest BCUT2D eigenvalue weighted by molar-refractivity contribution is -0.0287. The van der Waals surface area contributed by atoms with Crippen LogP contribution in [-0.4, -0.2) is 23.0 Å². The van der Waals surface area contributed by atoms with Crippen molar-refractivity contribution < 1.29 is 4.74 Å². The van der Waals surface area contributed by atoms with Gasteiger partial charge in [-0.2, -0.15) is 5.10 Å². The van der Waals surface area contributed by atoms with Crippen molar-refractivity contribution in [3.63, 3.8) is 0 Å². The molecule has 0 aliphatic carbocycles. The Kier molecular flexibility index (Phi) is 1.65. The monoisotopic (exact) mass is 250 g/mol. The van der Waals surface area contributed by atoms with Gasteiger partial charge in [-0.1, -0.05) is 0 Å². The average molecular weight is 250 g/mol. The second-order valence-electron chi connectivity index (χ2n) is 2.31. The van der Waals surface area contributed by atoms with Crippen molar-refractivity contribution in [1.29, 1.82) is 0 Å². The van der Waals surface area contributed by atoms with Crippen molar-refractivity contribution in [3.05, 3.63) is 16.0 Å². The molecule has 54 valence electrons. The first kappa shape index (κ1) is 6.60. The fourth-order valence-corrected chi connectivity index (χ4v) is 1.30. The number of hydrogen-bond donors (Lipinski definition) is 0. The molecular formula is C6H7IN2O. The van der Waals surface area contributed by atoms with Crippen LogP contribution in [0.25, 0.3) is 0 Å². The van der Waals surface area contributed by atoms with Gasteiger partial charge in [-0.05, 0) is 28.7 Å². The molecule has 3 nitrogen and oxygen atoms in total. The fraction of sp³-hybridized carbons (Fsp3) is 0.500. The molecule has 1 aliphatic heterocycles. The van der Waals surface area contributed by atoms with Crippen molar-refractivity contribution >= 4 is 22.6 Å². The third kappa shape index (κ3) is 1.05. The van der Waals surface area contributed by atoms with E-state index in [0.29, 0.717) is 6.04 Å². The van der Waals surface area contributed by atoms with Crippen LogP contribution < -0.4 is 0 Å². The van der Waals surface area contributed by atoms with Crippen molar-refractivity contribution in [3.8, 4) is 0 Å². The molecule has 0 unspecified atom stereocenters. The predicted molar refractivity (Wildman–Crippen MR) is 44.8 cm³/mol. The zero-order valence-corrected chi connectivity index (χ0v) is 7.48. The standard InChI is InChI=1S/C6H7IN2O/c7-6-1-2-9(8-6)5-3-10-4-5/h1-2,5H,3-4H2. The van der Waals surface area contributed by atoms with Crippen LogP contribution in [0.2, 0.25) is 0 Å². The van der Waals surface area contributed by atoms with Crippen molar-refractivity contribution in [2.24, 2.45) is 0 Å². The Morgan fingerprint density at radius 2 is 2.50 bits per heavy atom. The fourth-order valence-electron chi connectivity index (χ4n) is 0.894. The molecule has 0 bridgehead atoms. The lowest BCUT2D eigenvalue weighted by Crippen LogP contribution is -2.30. The summed E-state index contributed by atoms with van der Waals surface area (Å²) in [4.78, 5) is 0. The molecule has 1 aromatic rings. The molecule has 0 amide bonds. The molecule has 0 atom stereocenters. The van der Waals surface area contributed by atoms with Gasteiger partial charge in [0.1, 0.15) is 3.70 Å². The van der Waals surface area contributed by atoms with E-state index in [4.69, 9.17) is 4.74 Å². The summed E-state index contributed by atoms with van der Waals surface area (Å²) in [7, 11) is 0. The van der Waals surface area contributed by atoms with Crippen LogP contribution in [0.5, 0.6) is 0 Å². The summed E-state index contributed by atoms with van der Waals surface area (Å²) in [6, 6.07) is 2.49. The van der Waals surface area contributed by atoms with E-state index in [0.717, 1.165) is 16.9 Å². The van der Waals surface area contributed by atoms with E-state index in [-0.39, 0.29) is 0 Å². The molecule has 0 radical (unpaired) electrons. The Balaban J connectivity index is 2.17. The van der Waals surface area contributed by atoms with Crippen LogP contribution in [0, 0.1) is 3.70 Å². The topological polar surface area (TPSA) is 27.1 Å². The van der Waals surface area contributed by atoms with E-state index in [1.165, 1.54) is 0 Å². The van der Waals surface area contributed by atoms with Gasteiger partial charge in [0.2, 0.25) is 0 Å². The quantitative estimate of drug-likeness (QED) is 0.697. The summed E-state index contributed by atoms with van der Waals surface area (Å²) in [5.74, 6) is 0. The summed E-state index contributed by atoms with van der Waals surface area (Å²) in [5, 5.41) is 4.26. The smallest absolute Gasteiger partial charge is 0.123 e. The van der Waals surface area contributed by atoms with Gasteiger partial charge in [0, 0.05) is 6.20 Å². The third-order valence-electron chi connectivity index (χ3n) is 1.57. The molecular weight excluding hydrogens is 243 g/mol. The van der Waals surface area contributed by atoms with E-state index in [2.05, 4.69) is 27.7 Å². The van der Waals surface area contributed by atoms with Crippen molar-refractivity contribution in [2.45, 2.75) is 6.04 Å². The lowest BCUT2D eigenvalue weighted by atomic mass is 10.3. The van der Waals surface area contributed by atoms with Crippen LogP contribution in [0.4, 0.5) is 0 Å².